The lowest BCUT2D eigenvalue weighted by Crippen LogP contribution is -2.14. The molecule has 0 spiro atoms. The minimum absolute atomic E-state index is 0.0190. The lowest BCUT2D eigenvalue weighted by molar-refractivity contribution is -0.136. The minimum atomic E-state index is -3.76. The van der Waals surface area contributed by atoms with Crippen molar-refractivity contribution in [3.63, 3.8) is 0 Å². The minimum Gasteiger partial charge on any atom is -0.493 e. The predicted octanol–water partition coefficient (Wildman–Crippen LogP) is 5.05. The first-order valence-electron chi connectivity index (χ1n) is 12.0. The van der Waals surface area contributed by atoms with Crippen LogP contribution in [0.15, 0.2) is 89.8 Å². The number of aromatic nitrogens is 1. The Balaban J connectivity index is 1.47. The number of aryl methyl sites for hydroxylation is 2. The summed E-state index contributed by atoms with van der Waals surface area (Å²) in [4.78, 5) is 11.1. The fourth-order valence-electron chi connectivity index (χ4n) is 4.22. The molecule has 0 fully saturated rings. The molecule has 0 saturated heterocycles. The van der Waals surface area contributed by atoms with Crippen molar-refractivity contribution in [2.45, 2.75) is 37.2 Å². The molecular weight excluding hydrogens is 490 g/mol. The Kier molecular flexibility index (Phi) is 8.11. The van der Waals surface area contributed by atoms with E-state index >= 15 is 0 Å². The number of benzene rings is 3. The van der Waals surface area contributed by atoms with Gasteiger partial charge in [0.2, 0.25) is 0 Å². The van der Waals surface area contributed by atoms with Crippen molar-refractivity contribution in [1.82, 2.24) is 3.97 Å². The van der Waals surface area contributed by atoms with Gasteiger partial charge in [-0.3, -0.25) is 4.79 Å². The van der Waals surface area contributed by atoms with E-state index in [1.54, 1.807) is 67.6 Å². The van der Waals surface area contributed by atoms with Crippen LogP contribution in [0, 0.1) is 6.92 Å². The van der Waals surface area contributed by atoms with E-state index in [-0.39, 0.29) is 17.9 Å². The Bertz CT molecular complexity index is 1520. The van der Waals surface area contributed by atoms with E-state index < -0.39 is 22.1 Å². The van der Waals surface area contributed by atoms with E-state index in [9.17, 15) is 18.3 Å². The van der Waals surface area contributed by atoms with E-state index in [0.717, 1.165) is 16.5 Å². The second-order valence-electron chi connectivity index (χ2n) is 8.71. The van der Waals surface area contributed by atoms with Crippen molar-refractivity contribution < 1.29 is 28.2 Å². The first-order chi connectivity index (χ1) is 17.8. The quantitative estimate of drug-likeness (QED) is 0.287. The molecule has 1 aromatic heterocycles. The maximum atomic E-state index is 13.3. The molecule has 2 N–H and O–H groups in total. The molecule has 0 amide bonds. The van der Waals surface area contributed by atoms with E-state index in [1.165, 1.54) is 3.97 Å². The monoisotopic (exact) mass is 519 g/mol. The van der Waals surface area contributed by atoms with Crippen molar-refractivity contribution in [2.24, 2.45) is 0 Å². The van der Waals surface area contributed by atoms with E-state index in [2.05, 4.69) is 0 Å². The second-order valence-corrected chi connectivity index (χ2v) is 10.5. The van der Waals surface area contributed by atoms with Crippen LogP contribution in [0.1, 0.15) is 29.7 Å². The van der Waals surface area contributed by atoms with Crippen LogP contribution < -0.4 is 4.74 Å². The number of nitrogens with zero attached hydrogens (tertiary/aromatic N) is 1. The third kappa shape index (κ3) is 6.10. The molecule has 192 valence electrons. The zero-order chi connectivity index (χ0) is 26.4. The predicted molar refractivity (Wildman–Crippen MR) is 143 cm³/mol. The van der Waals surface area contributed by atoms with Crippen molar-refractivity contribution in [2.75, 3.05) is 6.61 Å². The standard InChI is InChI=1S/C29H29NO6S/c1-21-20-26-22(9-7-12-27(26)30(21)37(34,35)25-10-3-2-4-11-25)14-16-24(31)18-19-36-28-13-6-5-8-23(28)15-17-29(32)33/h2-14,16,20,24,31H,15,17-19H2,1H3,(H,32,33)/b16-14+. The van der Waals surface area contributed by atoms with Crippen molar-refractivity contribution in [3.05, 3.63) is 102 Å². The highest BCUT2D eigenvalue weighted by molar-refractivity contribution is 7.90. The number of aliphatic hydroxyl groups excluding tert-OH is 1. The average molecular weight is 520 g/mol. The van der Waals surface area contributed by atoms with Gasteiger partial charge in [0.25, 0.3) is 10.0 Å². The molecule has 0 aliphatic heterocycles. The molecular formula is C29H29NO6S. The van der Waals surface area contributed by atoms with Gasteiger partial charge in [0.15, 0.2) is 0 Å². The molecule has 1 unspecified atom stereocenters. The number of carboxylic acids is 1. The van der Waals surface area contributed by atoms with Crippen LogP contribution in [-0.4, -0.2) is 41.3 Å². The zero-order valence-electron chi connectivity index (χ0n) is 20.4. The lowest BCUT2D eigenvalue weighted by Gasteiger charge is -2.12. The molecule has 8 heteroatoms. The summed E-state index contributed by atoms with van der Waals surface area (Å²) in [6.45, 7) is 2.01. The molecule has 37 heavy (non-hydrogen) atoms. The summed E-state index contributed by atoms with van der Waals surface area (Å²) in [6.07, 6.45) is 3.39. The Morgan fingerprint density at radius 1 is 1.03 bits per heavy atom. The smallest absolute Gasteiger partial charge is 0.303 e. The molecule has 0 radical (unpaired) electrons. The number of rotatable bonds is 11. The Morgan fingerprint density at radius 2 is 1.76 bits per heavy atom. The Morgan fingerprint density at radius 3 is 2.51 bits per heavy atom. The maximum Gasteiger partial charge on any atom is 0.303 e. The fraction of sp³-hybridized carbons (Fsp3) is 0.207. The van der Waals surface area contributed by atoms with Gasteiger partial charge in [0, 0.05) is 23.9 Å². The molecule has 1 atom stereocenters. The Labute approximate surface area is 216 Å². The molecule has 1 heterocycles. The van der Waals surface area contributed by atoms with Crippen molar-refractivity contribution >= 4 is 33.0 Å². The summed E-state index contributed by atoms with van der Waals surface area (Å²) in [7, 11) is -3.76. The van der Waals surface area contributed by atoms with Crippen LogP contribution in [0.2, 0.25) is 0 Å². The van der Waals surface area contributed by atoms with Gasteiger partial charge in [-0.25, -0.2) is 12.4 Å². The summed E-state index contributed by atoms with van der Waals surface area (Å²) in [5.74, 6) is -0.255. The van der Waals surface area contributed by atoms with Crippen LogP contribution in [0.5, 0.6) is 5.75 Å². The Hall–Kier alpha value is -3.88. The topological polar surface area (TPSA) is 106 Å². The van der Waals surface area contributed by atoms with Gasteiger partial charge in [-0.2, -0.15) is 0 Å². The van der Waals surface area contributed by atoms with Crippen molar-refractivity contribution in [1.29, 1.82) is 0 Å². The van der Waals surface area contributed by atoms with Gasteiger partial charge in [-0.05, 0) is 54.8 Å². The molecule has 4 aromatic rings. The third-order valence-electron chi connectivity index (χ3n) is 6.04. The molecule has 4 rings (SSSR count). The van der Waals surface area contributed by atoms with Crippen LogP contribution in [0.3, 0.4) is 0 Å². The molecule has 0 aliphatic carbocycles. The van der Waals surface area contributed by atoms with Gasteiger partial charge in [-0.15, -0.1) is 0 Å². The van der Waals surface area contributed by atoms with E-state index in [0.29, 0.717) is 29.8 Å². The van der Waals surface area contributed by atoms with E-state index in [4.69, 9.17) is 9.84 Å². The highest BCUT2D eigenvalue weighted by Crippen LogP contribution is 2.28. The number of ether oxygens (including phenoxy) is 1. The molecule has 7 nitrogen and oxygen atoms in total. The van der Waals surface area contributed by atoms with E-state index in [1.807, 2.05) is 30.3 Å². The second kappa shape index (κ2) is 11.5. The first kappa shape index (κ1) is 26.2. The van der Waals surface area contributed by atoms with Gasteiger partial charge in [-0.1, -0.05) is 60.7 Å². The number of para-hydroxylation sites is 1. The normalized spacial score (nSPS) is 12.7. The highest BCUT2D eigenvalue weighted by Gasteiger charge is 2.21. The summed E-state index contributed by atoms with van der Waals surface area (Å²) in [5.41, 5.74) is 2.77. The van der Waals surface area contributed by atoms with Crippen LogP contribution in [0.25, 0.3) is 17.0 Å². The average Bonchev–Trinajstić information content (AvgIpc) is 3.24. The summed E-state index contributed by atoms with van der Waals surface area (Å²) in [6, 6.07) is 22.9. The summed E-state index contributed by atoms with van der Waals surface area (Å²) >= 11 is 0. The maximum absolute atomic E-state index is 13.3. The molecule has 0 bridgehead atoms. The van der Waals surface area contributed by atoms with Gasteiger partial charge in [0.05, 0.1) is 23.1 Å². The number of carbonyl (C=O) groups is 1. The number of aliphatic hydroxyl groups is 1. The van der Waals surface area contributed by atoms with Crippen LogP contribution in [0.4, 0.5) is 0 Å². The van der Waals surface area contributed by atoms with Gasteiger partial charge < -0.3 is 14.9 Å². The molecule has 0 aliphatic rings. The number of hydrogen-bond donors (Lipinski definition) is 2. The largest absolute Gasteiger partial charge is 0.493 e. The fourth-order valence-corrected chi connectivity index (χ4v) is 5.78. The first-order valence-corrected chi connectivity index (χ1v) is 13.4. The number of hydrogen-bond acceptors (Lipinski definition) is 5. The number of fused-ring (bicyclic) bond motifs is 1. The zero-order valence-corrected chi connectivity index (χ0v) is 21.3. The van der Waals surface area contributed by atoms with Crippen molar-refractivity contribution in [3.8, 4) is 5.75 Å². The van der Waals surface area contributed by atoms with Crippen LogP contribution in [-0.2, 0) is 21.2 Å². The summed E-state index contributed by atoms with van der Waals surface area (Å²) < 4.78 is 33.8. The SMILES string of the molecule is Cc1cc2c(/C=C/C(O)CCOc3ccccc3CCC(=O)O)cccc2n1S(=O)(=O)c1ccccc1. The summed E-state index contributed by atoms with van der Waals surface area (Å²) in [5, 5.41) is 20.2. The highest BCUT2D eigenvalue weighted by atomic mass is 32.2. The number of aliphatic carboxylic acids is 1. The number of carboxylic acid groups (broad SMARTS) is 1. The van der Waals surface area contributed by atoms with Crippen LogP contribution >= 0.6 is 0 Å². The molecule has 0 saturated carbocycles. The lowest BCUT2D eigenvalue weighted by atomic mass is 10.1. The third-order valence-corrected chi connectivity index (χ3v) is 7.87. The van der Waals surface area contributed by atoms with Gasteiger partial charge in [0.1, 0.15) is 5.75 Å². The van der Waals surface area contributed by atoms with Gasteiger partial charge >= 0.3 is 5.97 Å². The molecule has 3 aromatic carbocycles.